The van der Waals surface area contributed by atoms with Gasteiger partial charge < -0.3 is 15.4 Å². The van der Waals surface area contributed by atoms with Crippen molar-refractivity contribution in [3.8, 4) is 5.75 Å². The van der Waals surface area contributed by atoms with Gasteiger partial charge >= 0.3 is 6.36 Å². The molecule has 30 heavy (non-hydrogen) atoms. The van der Waals surface area contributed by atoms with Gasteiger partial charge in [-0.05, 0) is 30.3 Å². The van der Waals surface area contributed by atoms with Crippen LogP contribution in [-0.2, 0) is 9.84 Å². The highest BCUT2D eigenvalue weighted by Gasteiger charge is 2.41. The van der Waals surface area contributed by atoms with Gasteiger partial charge in [0.15, 0.2) is 5.69 Å². The van der Waals surface area contributed by atoms with Gasteiger partial charge in [0.2, 0.25) is 9.84 Å². The van der Waals surface area contributed by atoms with Crippen LogP contribution >= 0.6 is 0 Å². The van der Waals surface area contributed by atoms with E-state index >= 15 is 0 Å². The Labute approximate surface area is 167 Å². The summed E-state index contributed by atoms with van der Waals surface area (Å²) in [6, 6.07) is 4.38. The topological polar surface area (TPSA) is 103 Å². The molecule has 1 amide bonds. The van der Waals surface area contributed by atoms with Crippen molar-refractivity contribution < 1.29 is 39.9 Å². The highest BCUT2D eigenvalue weighted by atomic mass is 32.2. The third-order valence-corrected chi connectivity index (χ3v) is 5.97. The monoisotopic (exact) mass is 451 g/mol. The average molecular weight is 451 g/mol. The fraction of sp³-hybridized carbons (Fsp3) is 0.294. The highest BCUT2D eigenvalue weighted by molar-refractivity contribution is 7.91. The van der Waals surface area contributed by atoms with Crippen LogP contribution in [-0.4, -0.2) is 49.6 Å². The van der Waals surface area contributed by atoms with E-state index in [1.165, 1.54) is 0 Å². The number of nitrogens with two attached hydrogens (primary N) is 1. The van der Waals surface area contributed by atoms with Gasteiger partial charge in [-0.15, -0.1) is 13.2 Å². The molecule has 0 radical (unpaired) electrons. The fourth-order valence-corrected chi connectivity index (χ4v) is 4.04. The first kappa shape index (κ1) is 21.7. The van der Waals surface area contributed by atoms with E-state index in [1.54, 1.807) is 0 Å². The molecule has 0 saturated carbocycles. The molecule has 0 spiro atoms. The fourth-order valence-electron chi connectivity index (χ4n) is 2.80. The molecule has 1 aromatic heterocycles. The molecule has 0 aliphatic carbocycles. The lowest BCUT2D eigenvalue weighted by Crippen LogP contribution is -2.32. The van der Waals surface area contributed by atoms with Crippen LogP contribution in [0.5, 0.6) is 5.75 Å². The van der Waals surface area contributed by atoms with Crippen molar-refractivity contribution in [3.63, 3.8) is 0 Å². The minimum atomic E-state index is -4.93. The summed E-state index contributed by atoms with van der Waals surface area (Å²) in [7, 11) is -4.23. The van der Waals surface area contributed by atoms with Crippen LogP contribution < -0.4 is 10.5 Å². The number of pyridine rings is 1. The number of ether oxygens (including phenoxy) is 1. The second kappa shape index (κ2) is 7.38. The van der Waals surface area contributed by atoms with Gasteiger partial charge in [0, 0.05) is 19.2 Å². The number of alkyl halides is 5. The summed E-state index contributed by atoms with van der Waals surface area (Å²) in [5.74, 6) is -4.49. The van der Waals surface area contributed by atoms with Gasteiger partial charge in [-0.25, -0.2) is 22.2 Å². The molecule has 13 heteroatoms. The predicted molar refractivity (Wildman–Crippen MR) is 92.7 cm³/mol. The number of nitrogens with zero attached hydrogens (tertiary/aromatic N) is 2. The smallest absolute Gasteiger partial charge is 0.406 e. The Balaban J connectivity index is 1.84. The Kier molecular flexibility index (Phi) is 5.35. The predicted octanol–water partition coefficient (Wildman–Crippen LogP) is 2.88. The number of anilines is 1. The Hall–Kier alpha value is -2.96. The molecule has 7 nitrogen and oxygen atoms in total. The van der Waals surface area contributed by atoms with Crippen LogP contribution in [0.3, 0.4) is 0 Å². The van der Waals surface area contributed by atoms with E-state index in [1.807, 2.05) is 0 Å². The summed E-state index contributed by atoms with van der Waals surface area (Å²) in [5, 5.41) is 0. The lowest BCUT2D eigenvalue weighted by Gasteiger charge is -2.17. The molecule has 2 aromatic rings. The van der Waals surface area contributed by atoms with Crippen molar-refractivity contribution in [2.24, 2.45) is 0 Å². The lowest BCUT2D eigenvalue weighted by molar-refractivity contribution is -0.274. The molecule has 0 atom stereocenters. The van der Waals surface area contributed by atoms with Crippen molar-refractivity contribution in [3.05, 3.63) is 42.2 Å². The van der Waals surface area contributed by atoms with E-state index in [0.29, 0.717) is 0 Å². The first-order chi connectivity index (χ1) is 13.8. The van der Waals surface area contributed by atoms with Crippen LogP contribution in [0.25, 0.3) is 0 Å². The number of hydrogen-bond donors (Lipinski definition) is 1. The Morgan fingerprint density at radius 1 is 1.17 bits per heavy atom. The number of likely N-dealkylation sites (tertiary alicyclic amines) is 1. The number of carbonyl (C=O) groups is 1. The van der Waals surface area contributed by atoms with Crippen molar-refractivity contribution in [2.45, 2.75) is 28.5 Å². The van der Waals surface area contributed by atoms with E-state index in [-0.39, 0.29) is 22.8 Å². The van der Waals surface area contributed by atoms with Crippen LogP contribution in [0.4, 0.5) is 27.6 Å². The third-order valence-electron chi connectivity index (χ3n) is 4.23. The van der Waals surface area contributed by atoms with Gasteiger partial charge in [0.05, 0.1) is 22.0 Å². The molecule has 0 unspecified atom stereocenters. The second-order valence-electron chi connectivity index (χ2n) is 6.46. The van der Waals surface area contributed by atoms with Gasteiger partial charge in [-0.2, -0.15) is 0 Å². The van der Waals surface area contributed by atoms with E-state index in [9.17, 15) is 35.2 Å². The minimum absolute atomic E-state index is 0.195. The van der Waals surface area contributed by atoms with Gasteiger partial charge in [0.25, 0.3) is 11.8 Å². The number of aromatic nitrogens is 1. The average Bonchev–Trinajstić information content (AvgIpc) is 3.00. The number of halogens is 5. The number of hydrogen-bond acceptors (Lipinski definition) is 6. The van der Waals surface area contributed by atoms with E-state index in [2.05, 4.69) is 9.72 Å². The van der Waals surface area contributed by atoms with E-state index in [4.69, 9.17) is 5.73 Å². The molecule has 2 N–H and O–H groups in total. The first-order valence-corrected chi connectivity index (χ1v) is 9.80. The van der Waals surface area contributed by atoms with Crippen LogP contribution in [0.1, 0.15) is 16.9 Å². The zero-order valence-electron chi connectivity index (χ0n) is 15.0. The summed E-state index contributed by atoms with van der Waals surface area (Å²) in [4.78, 5) is 16.1. The van der Waals surface area contributed by atoms with E-state index in [0.717, 1.165) is 41.4 Å². The summed E-state index contributed by atoms with van der Waals surface area (Å²) >= 11 is 0. The number of benzene rings is 1. The lowest BCUT2D eigenvalue weighted by atomic mass is 10.2. The maximum atomic E-state index is 13.3. The van der Waals surface area contributed by atoms with Gasteiger partial charge in [-0.1, -0.05) is 0 Å². The minimum Gasteiger partial charge on any atom is -0.406 e. The molecule has 1 fully saturated rings. The third kappa shape index (κ3) is 4.61. The zero-order valence-corrected chi connectivity index (χ0v) is 15.8. The van der Waals surface area contributed by atoms with Gasteiger partial charge in [-0.3, -0.25) is 4.79 Å². The zero-order chi connectivity index (χ0) is 22.3. The molecule has 1 saturated heterocycles. The molecular formula is C17H14F5N3O4S. The molecule has 2 heterocycles. The molecule has 1 aromatic carbocycles. The Bertz CT molecular complexity index is 1070. The van der Waals surface area contributed by atoms with Crippen LogP contribution in [0.15, 0.2) is 46.3 Å². The molecule has 162 valence electrons. The van der Waals surface area contributed by atoms with Crippen LogP contribution in [0, 0.1) is 0 Å². The van der Waals surface area contributed by atoms with Crippen molar-refractivity contribution in [1.29, 1.82) is 0 Å². The standard InChI is InChI=1S/C17H14F5N3O4S/c18-16(19)5-6-25(9-16)15(26)14-13(23)7-12(8-24-14)30(27,28)11-3-1-10(2-4-11)29-17(20,21)22/h1-4,7-8H,5-6,9,23H2. The highest BCUT2D eigenvalue weighted by Crippen LogP contribution is 2.30. The van der Waals surface area contributed by atoms with E-state index < -0.39 is 51.6 Å². The second-order valence-corrected chi connectivity index (χ2v) is 8.41. The molecule has 0 bridgehead atoms. The maximum Gasteiger partial charge on any atom is 0.573 e. The normalized spacial score (nSPS) is 16.5. The summed E-state index contributed by atoms with van der Waals surface area (Å²) in [5.41, 5.74) is 5.00. The number of nitrogen functional groups attached to an aromatic ring is 1. The number of sulfone groups is 1. The summed E-state index contributed by atoms with van der Waals surface area (Å²) < 4.78 is 92.2. The molecule has 3 rings (SSSR count). The van der Waals surface area contributed by atoms with Crippen molar-refractivity contribution in [1.82, 2.24) is 9.88 Å². The van der Waals surface area contributed by atoms with Crippen molar-refractivity contribution >= 4 is 21.4 Å². The molecular weight excluding hydrogens is 437 g/mol. The summed E-state index contributed by atoms with van der Waals surface area (Å²) in [6.45, 7) is -0.987. The number of amides is 1. The SMILES string of the molecule is Nc1cc(S(=O)(=O)c2ccc(OC(F)(F)F)cc2)cnc1C(=O)N1CCC(F)(F)C1. The van der Waals surface area contributed by atoms with Crippen molar-refractivity contribution in [2.75, 3.05) is 18.8 Å². The van der Waals surface area contributed by atoms with Crippen LogP contribution in [0.2, 0.25) is 0 Å². The Morgan fingerprint density at radius 2 is 1.80 bits per heavy atom. The quantitative estimate of drug-likeness (QED) is 0.718. The number of rotatable bonds is 4. The number of carbonyl (C=O) groups excluding carboxylic acids is 1. The molecule has 1 aliphatic rings. The largest absolute Gasteiger partial charge is 0.573 e. The van der Waals surface area contributed by atoms with Gasteiger partial charge in [0.1, 0.15) is 5.75 Å². The first-order valence-electron chi connectivity index (χ1n) is 8.32. The Morgan fingerprint density at radius 3 is 2.30 bits per heavy atom. The maximum absolute atomic E-state index is 13.3. The molecule has 1 aliphatic heterocycles. The summed E-state index contributed by atoms with van der Waals surface area (Å²) in [6.07, 6.45) is -4.60.